The van der Waals surface area contributed by atoms with Crippen LogP contribution in [0.15, 0.2) is 30.5 Å². The minimum atomic E-state index is 0.204. The lowest BCUT2D eigenvalue weighted by Crippen LogP contribution is -2.37. The van der Waals surface area contributed by atoms with E-state index in [-0.39, 0.29) is 5.91 Å². The normalized spacial score (nSPS) is 26.1. The Bertz CT molecular complexity index is 616. The standard InChI is InChI=1S/C15H16N2O/c18-15(17-9-10-4-5-12(17)8-10)13-3-1-2-11-6-7-16-14(11)13/h1-3,6-7,10,12,16H,4-5,8-9H2. The topological polar surface area (TPSA) is 36.1 Å². The third-order valence-electron chi connectivity index (χ3n) is 4.49. The molecule has 2 fully saturated rings. The summed E-state index contributed by atoms with van der Waals surface area (Å²) in [5, 5.41) is 1.12. The van der Waals surface area contributed by atoms with Crippen molar-refractivity contribution in [2.45, 2.75) is 25.3 Å². The van der Waals surface area contributed by atoms with Crippen LogP contribution < -0.4 is 0 Å². The van der Waals surface area contributed by atoms with Crippen LogP contribution in [0.3, 0.4) is 0 Å². The number of benzene rings is 1. The van der Waals surface area contributed by atoms with Gasteiger partial charge in [-0.25, -0.2) is 0 Å². The van der Waals surface area contributed by atoms with E-state index >= 15 is 0 Å². The van der Waals surface area contributed by atoms with E-state index in [9.17, 15) is 4.79 Å². The van der Waals surface area contributed by atoms with Crippen LogP contribution in [0.5, 0.6) is 0 Å². The highest BCUT2D eigenvalue weighted by molar-refractivity contribution is 6.05. The molecule has 1 N–H and O–H groups in total. The van der Waals surface area contributed by atoms with Crippen LogP contribution >= 0.6 is 0 Å². The fourth-order valence-electron chi connectivity index (χ4n) is 3.59. The van der Waals surface area contributed by atoms with E-state index in [1.54, 1.807) is 0 Å². The van der Waals surface area contributed by atoms with Gasteiger partial charge in [-0.2, -0.15) is 0 Å². The van der Waals surface area contributed by atoms with Gasteiger partial charge in [-0.1, -0.05) is 12.1 Å². The number of aromatic amines is 1. The Labute approximate surface area is 106 Å². The zero-order valence-electron chi connectivity index (χ0n) is 10.2. The lowest BCUT2D eigenvalue weighted by Gasteiger charge is -2.27. The maximum Gasteiger partial charge on any atom is 0.256 e. The van der Waals surface area contributed by atoms with Gasteiger partial charge in [0.2, 0.25) is 0 Å². The molecule has 2 aliphatic rings. The number of amides is 1. The highest BCUT2D eigenvalue weighted by Gasteiger charge is 2.40. The van der Waals surface area contributed by atoms with Gasteiger partial charge >= 0.3 is 0 Å². The third kappa shape index (κ3) is 1.33. The van der Waals surface area contributed by atoms with E-state index in [2.05, 4.69) is 9.88 Å². The van der Waals surface area contributed by atoms with Crippen LogP contribution in [0.2, 0.25) is 0 Å². The Morgan fingerprint density at radius 2 is 2.22 bits per heavy atom. The Balaban J connectivity index is 1.74. The summed E-state index contributed by atoms with van der Waals surface area (Å²) in [7, 11) is 0. The van der Waals surface area contributed by atoms with Gasteiger partial charge in [-0.15, -0.1) is 0 Å². The van der Waals surface area contributed by atoms with Crippen molar-refractivity contribution in [1.82, 2.24) is 9.88 Å². The average Bonchev–Trinajstić information content (AvgIpc) is 3.12. The summed E-state index contributed by atoms with van der Waals surface area (Å²) in [4.78, 5) is 17.9. The SMILES string of the molecule is O=C(c1cccc2cc[nH]c12)N1CC2CCC1C2. The van der Waals surface area contributed by atoms with Crippen molar-refractivity contribution in [1.29, 1.82) is 0 Å². The van der Waals surface area contributed by atoms with E-state index in [0.29, 0.717) is 6.04 Å². The molecule has 92 valence electrons. The molecule has 18 heavy (non-hydrogen) atoms. The molecule has 2 bridgehead atoms. The molecule has 3 nitrogen and oxygen atoms in total. The summed E-state index contributed by atoms with van der Waals surface area (Å²) < 4.78 is 0. The molecular weight excluding hydrogens is 224 g/mol. The molecule has 2 unspecified atom stereocenters. The summed E-state index contributed by atoms with van der Waals surface area (Å²) in [5.74, 6) is 0.956. The number of nitrogens with one attached hydrogen (secondary N) is 1. The van der Waals surface area contributed by atoms with Crippen molar-refractivity contribution in [2.75, 3.05) is 6.54 Å². The second kappa shape index (κ2) is 3.61. The highest BCUT2D eigenvalue weighted by atomic mass is 16.2. The van der Waals surface area contributed by atoms with E-state index < -0.39 is 0 Å². The predicted molar refractivity (Wildman–Crippen MR) is 70.5 cm³/mol. The predicted octanol–water partition coefficient (Wildman–Crippen LogP) is 2.79. The molecule has 1 saturated carbocycles. The first-order valence-electron chi connectivity index (χ1n) is 6.70. The fourth-order valence-corrected chi connectivity index (χ4v) is 3.59. The molecule has 1 aromatic carbocycles. The van der Waals surface area contributed by atoms with Gasteiger partial charge in [0.1, 0.15) is 0 Å². The van der Waals surface area contributed by atoms with E-state index in [0.717, 1.165) is 28.9 Å². The smallest absolute Gasteiger partial charge is 0.256 e. The second-order valence-corrected chi connectivity index (χ2v) is 5.54. The second-order valence-electron chi connectivity index (χ2n) is 5.54. The number of nitrogens with zero attached hydrogens (tertiary/aromatic N) is 1. The van der Waals surface area contributed by atoms with E-state index in [4.69, 9.17) is 0 Å². The monoisotopic (exact) mass is 240 g/mol. The molecule has 4 rings (SSSR count). The number of piperidine rings is 1. The zero-order valence-corrected chi connectivity index (χ0v) is 10.2. The molecule has 1 amide bonds. The van der Waals surface area contributed by atoms with Crippen molar-refractivity contribution < 1.29 is 4.79 Å². The number of carbonyl (C=O) groups excluding carboxylic acids is 1. The van der Waals surface area contributed by atoms with E-state index in [1.165, 1.54) is 19.3 Å². The number of rotatable bonds is 1. The quantitative estimate of drug-likeness (QED) is 0.817. The molecule has 2 atom stereocenters. The highest BCUT2D eigenvalue weighted by Crippen LogP contribution is 2.38. The minimum Gasteiger partial charge on any atom is -0.361 e. The van der Waals surface area contributed by atoms with Gasteiger partial charge in [0.05, 0.1) is 11.1 Å². The number of fused-ring (bicyclic) bond motifs is 3. The van der Waals surface area contributed by atoms with Crippen LogP contribution in [0, 0.1) is 5.92 Å². The number of hydrogen-bond donors (Lipinski definition) is 1. The largest absolute Gasteiger partial charge is 0.361 e. The number of H-pyrrole nitrogens is 1. The molecule has 1 aliphatic heterocycles. The van der Waals surface area contributed by atoms with E-state index in [1.807, 2.05) is 30.5 Å². The van der Waals surface area contributed by atoms with Crippen molar-refractivity contribution >= 4 is 16.8 Å². The molecular formula is C15H16N2O. The van der Waals surface area contributed by atoms with Gasteiger partial charge in [0.15, 0.2) is 0 Å². The number of hydrogen-bond acceptors (Lipinski definition) is 1. The lowest BCUT2D eigenvalue weighted by molar-refractivity contribution is 0.0705. The van der Waals surface area contributed by atoms with Gasteiger partial charge < -0.3 is 9.88 Å². The maximum atomic E-state index is 12.7. The zero-order chi connectivity index (χ0) is 12.1. The first-order chi connectivity index (χ1) is 8.83. The summed E-state index contributed by atoms with van der Waals surface area (Å²) in [6, 6.07) is 8.46. The molecule has 0 spiro atoms. The van der Waals surface area contributed by atoms with Crippen LogP contribution in [0.25, 0.3) is 10.9 Å². The first-order valence-corrected chi connectivity index (χ1v) is 6.70. The summed E-state index contributed by atoms with van der Waals surface area (Å²) >= 11 is 0. The Kier molecular flexibility index (Phi) is 2.04. The molecule has 3 heteroatoms. The molecule has 2 heterocycles. The number of likely N-dealkylation sites (tertiary alicyclic amines) is 1. The Morgan fingerprint density at radius 3 is 3.00 bits per heavy atom. The van der Waals surface area contributed by atoms with Gasteiger partial charge in [0, 0.05) is 24.2 Å². The first kappa shape index (κ1) is 10.2. The average molecular weight is 240 g/mol. The fraction of sp³-hybridized carbons (Fsp3) is 0.400. The molecule has 1 saturated heterocycles. The Hall–Kier alpha value is -1.77. The van der Waals surface area contributed by atoms with Crippen LogP contribution in [0.4, 0.5) is 0 Å². The molecule has 1 aliphatic carbocycles. The maximum absolute atomic E-state index is 12.7. The van der Waals surface area contributed by atoms with Crippen LogP contribution in [0.1, 0.15) is 29.6 Å². The number of aromatic nitrogens is 1. The molecule has 0 radical (unpaired) electrons. The molecule has 1 aromatic heterocycles. The minimum absolute atomic E-state index is 0.204. The van der Waals surface area contributed by atoms with Crippen molar-refractivity contribution in [3.63, 3.8) is 0 Å². The summed E-state index contributed by atoms with van der Waals surface area (Å²) in [6.45, 7) is 0.959. The van der Waals surface area contributed by atoms with Gasteiger partial charge in [-0.3, -0.25) is 4.79 Å². The van der Waals surface area contributed by atoms with Gasteiger partial charge in [0.25, 0.3) is 5.91 Å². The number of para-hydroxylation sites is 1. The molecule has 2 aromatic rings. The third-order valence-corrected chi connectivity index (χ3v) is 4.49. The summed E-state index contributed by atoms with van der Waals surface area (Å²) in [6.07, 6.45) is 5.61. The van der Waals surface area contributed by atoms with Crippen molar-refractivity contribution in [3.8, 4) is 0 Å². The van der Waals surface area contributed by atoms with Crippen LogP contribution in [-0.4, -0.2) is 28.4 Å². The van der Waals surface area contributed by atoms with Crippen LogP contribution in [-0.2, 0) is 0 Å². The van der Waals surface area contributed by atoms with Crippen molar-refractivity contribution in [2.24, 2.45) is 5.92 Å². The number of carbonyl (C=O) groups is 1. The Morgan fingerprint density at radius 1 is 1.28 bits per heavy atom. The lowest BCUT2D eigenvalue weighted by atomic mass is 10.1. The summed E-state index contributed by atoms with van der Waals surface area (Å²) in [5.41, 5.74) is 1.80. The van der Waals surface area contributed by atoms with Gasteiger partial charge in [-0.05, 0) is 37.3 Å². The van der Waals surface area contributed by atoms with Crippen molar-refractivity contribution in [3.05, 3.63) is 36.0 Å².